The van der Waals surface area contributed by atoms with Crippen LogP contribution < -0.4 is 5.32 Å². The molecule has 0 heterocycles. The Bertz CT molecular complexity index is 671. The van der Waals surface area contributed by atoms with E-state index in [1.165, 1.54) is 6.92 Å². The van der Waals surface area contributed by atoms with Gasteiger partial charge in [-0.15, -0.1) is 0 Å². The van der Waals surface area contributed by atoms with Crippen molar-refractivity contribution in [1.29, 1.82) is 0 Å². The fourth-order valence-electron chi connectivity index (χ4n) is 3.42. The third kappa shape index (κ3) is 11.3. The maximum Gasteiger partial charge on any atom is 0.410 e. The molecule has 0 aromatic heterocycles. The molecule has 0 spiro atoms. The molecule has 1 aliphatic carbocycles. The van der Waals surface area contributed by atoms with Crippen molar-refractivity contribution in [3.8, 4) is 0 Å². The molecule has 1 rings (SSSR count). The van der Waals surface area contributed by atoms with E-state index in [9.17, 15) is 22.8 Å². The van der Waals surface area contributed by atoms with Gasteiger partial charge in [-0.25, -0.2) is 4.79 Å². The van der Waals surface area contributed by atoms with E-state index >= 15 is 0 Å². The zero-order chi connectivity index (χ0) is 22.6. The molecular formula is C19H33NO9S. The summed E-state index contributed by atoms with van der Waals surface area (Å²) in [5.41, 5.74) is -0.488. The van der Waals surface area contributed by atoms with Gasteiger partial charge in [0.1, 0.15) is 0 Å². The molecule has 1 saturated carbocycles. The Kier molecular flexibility index (Phi) is 11.1. The summed E-state index contributed by atoms with van der Waals surface area (Å²) in [4.78, 5) is 36.1. The Morgan fingerprint density at radius 1 is 1.07 bits per heavy atom. The first-order chi connectivity index (χ1) is 14.1. The van der Waals surface area contributed by atoms with E-state index < -0.39 is 39.6 Å². The average molecular weight is 452 g/mol. The monoisotopic (exact) mass is 451 g/mol. The highest BCUT2D eigenvalue weighted by atomic mass is 32.2. The first-order valence-electron chi connectivity index (χ1n) is 10.3. The largest absolute Gasteiger partial charge is 0.466 e. The van der Waals surface area contributed by atoms with Crippen LogP contribution in [0.15, 0.2) is 0 Å². The van der Waals surface area contributed by atoms with Crippen molar-refractivity contribution in [3.05, 3.63) is 0 Å². The van der Waals surface area contributed by atoms with Crippen LogP contribution in [0.25, 0.3) is 0 Å². The second-order valence-electron chi connectivity index (χ2n) is 7.66. The van der Waals surface area contributed by atoms with Gasteiger partial charge in [0.05, 0.1) is 25.2 Å². The molecule has 0 radical (unpaired) electrons. The number of esters is 2. The Balaban J connectivity index is 2.40. The Labute approximate surface area is 177 Å². The van der Waals surface area contributed by atoms with Crippen LogP contribution in [0.4, 0.5) is 4.79 Å². The van der Waals surface area contributed by atoms with E-state index in [1.54, 1.807) is 0 Å². The third-order valence-corrected chi connectivity index (χ3v) is 5.69. The summed E-state index contributed by atoms with van der Waals surface area (Å²) < 4.78 is 45.1. The smallest absolute Gasteiger partial charge is 0.410 e. The lowest BCUT2D eigenvalue weighted by atomic mass is 9.79. The first-order valence-corrected chi connectivity index (χ1v) is 11.9. The quantitative estimate of drug-likeness (QED) is 0.187. The highest BCUT2D eigenvalue weighted by Crippen LogP contribution is 2.44. The number of amides is 1. The Hall–Kier alpha value is -1.88. The van der Waals surface area contributed by atoms with E-state index in [0.29, 0.717) is 6.61 Å². The minimum atomic E-state index is -4.09. The van der Waals surface area contributed by atoms with Gasteiger partial charge in [0.15, 0.2) is 0 Å². The van der Waals surface area contributed by atoms with Crippen LogP contribution >= 0.6 is 0 Å². The van der Waals surface area contributed by atoms with Crippen molar-refractivity contribution in [3.63, 3.8) is 0 Å². The van der Waals surface area contributed by atoms with Gasteiger partial charge in [-0.3, -0.25) is 14.1 Å². The van der Waals surface area contributed by atoms with Crippen molar-refractivity contribution < 1.29 is 41.6 Å². The van der Waals surface area contributed by atoms with Crippen LogP contribution in [0.2, 0.25) is 0 Å². The van der Waals surface area contributed by atoms with Crippen molar-refractivity contribution >= 4 is 28.1 Å². The van der Waals surface area contributed by atoms with E-state index in [0.717, 1.165) is 38.5 Å². The number of rotatable bonds is 13. The summed E-state index contributed by atoms with van der Waals surface area (Å²) in [6.07, 6.45) is 3.23. The molecule has 1 amide bonds. The second-order valence-corrected chi connectivity index (χ2v) is 9.24. The zero-order valence-electron chi connectivity index (χ0n) is 17.7. The predicted octanol–water partition coefficient (Wildman–Crippen LogP) is 2.56. The molecule has 10 nitrogen and oxygen atoms in total. The zero-order valence-corrected chi connectivity index (χ0v) is 18.5. The predicted molar refractivity (Wildman–Crippen MR) is 107 cm³/mol. The van der Waals surface area contributed by atoms with Crippen LogP contribution in [0, 0.1) is 5.41 Å². The molecule has 1 atom stereocenters. The Morgan fingerprint density at radius 3 is 2.30 bits per heavy atom. The number of carbonyl (C=O) groups is 3. The molecule has 30 heavy (non-hydrogen) atoms. The van der Waals surface area contributed by atoms with Crippen LogP contribution in [0.5, 0.6) is 0 Å². The number of ether oxygens (including phenoxy) is 3. The lowest BCUT2D eigenvalue weighted by Gasteiger charge is -2.27. The molecule has 1 unspecified atom stereocenters. The van der Waals surface area contributed by atoms with Gasteiger partial charge in [0.25, 0.3) is 10.1 Å². The number of nitrogens with one attached hydrogen (secondary N) is 1. The molecular weight excluding hydrogens is 418 g/mol. The first kappa shape index (κ1) is 26.2. The van der Waals surface area contributed by atoms with Crippen molar-refractivity contribution in [1.82, 2.24) is 5.32 Å². The number of alkyl carbamates (subject to hydrolysis) is 1. The topological polar surface area (TPSA) is 145 Å². The minimum Gasteiger partial charge on any atom is -0.466 e. The van der Waals surface area contributed by atoms with Crippen LogP contribution in [-0.2, 0) is 33.9 Å². The lowest BCUT2D eigenvalue weighted by Crippen LogP contribution is -2.33. The maximum atomic E-state index is 12.3. The summed E-state index contributed by atoms with van der Waals surface area (Å²) >= 11 is 0. The van der Waals surface area contributed by atoms with E-state index in [2.05, 4.69) is 5.32 Å². The highest BCUT2D eigenvalue weighted by molar-refractivity contribution is 7.85. The molecule has 1 fully saturated rings. The molecule has 1 aliphatic rings. The SMILES string of the molecule is CCCCOC(=O)CC1(CC(=O)OC(C)OC(=O)NCCCS(=O)(=O)O)CCCC1. The summed E-state index contributed by atoms with van der Waals surface area (Å²) in [5.74, 6) is -1.36. The lowest BCUT2D eigenvalue weighted by molar-refractivity contribution is -0.168. The maximum absolute atomic E-state index is 12.3. The van der Waals surface area contributed by atoms with Gasteiger partial charge < -0.3 is 19.5 Å². The van der Waals surface area contributed by atoms with Crippen LogP contribution in [0.1, 0.15) is 71.6 Å². The van der Waals surface area contributed by atoms with E-state index in [1.807, 2.05) is 6.92 Å². The molecule has 0 aromatic rings. The molecule has 11 heteroatoms. The number of carbonyl (C=O) groups excluding carboxylic acids is 3. The van der Waals surface area contributed by atoms with Crippen molar-refractivity contribution in [2.75, 3.05) is 18.9 Å². The van der Waals surface area contributed by atoms with Crippen LogP contribution in [0.3, 0.4) is 0 Å². The van der Waals surface area contributed by atoms with Crippen molar-refractivity contribution in [2.45, 2.75) is 77.9 Å². The minimum absolute atomic E-state index is 0.0129. The third-order valence-electron chi connectivity index (χ3n) is 4.88. The van der Waals surface area contributed by atoms with Gasteiger partial charge in [-0.05, 0) is 31.1 Å². The van der Waals surface area contributed by atoms with Gasteiger partial charge >= 0.3 is 18.0 Å². The van der Waals surface area contributed by atoms with E-state index in [-0.39, 0.29) is 31.8 Å². The van der Waals surface area contributed by atoms with Gasteiger partial charge in [0.2, 0.25) is 6.29 Å². The molecule has 2 N–H and O–H groups in total. The van der Waals surface area contributed by atoms with E-state index in [4.69, 9.17) is 18.8 Å². The molecule has 0 saturated heterocycles. The molecule has 174 valence electrons. The van der Waals surface area contributed by atoms with Gasteiger partial charge in [-0.2, -0.15) is 8.42 Å². The number of hydrogen-bond donors (Lipinski definition) is 2. The molecule has 0 aliphatic heterocycles. The van der Waals surface area contributed by atoms with Gasteiger partial charge in [-0.1, -0.05) is 26.2 Å². The van der Waals surface area contributed by atoms with Crippen LogP contribution in [-0.4, -0.2) is 56.2 Å². The summed E-state index contributed by atoms with van der Waals surface area (Å²) in [6.45, 7) is 3.74. The standard InChI is InChI=1S/C19H33NO9S/c1-3-4-11-27-16(21)13-19(8-5-6-9-19)14-17(22)28-15(2)29-18(23)20-10-7-12-30(24,25)26/h15H,3-14H2,1-2H3,(H,20,23)(H,24,25,26). The normalized spacial score (nSPS) is 16.5. The summed E-state index contributed by atoms with van der Waals surface area (Å²) in [5, 5.41) is 2.30. The molecule has 0 aromatic carbocycles. The van der Waals surface area contributed by atoms with Gasteiger partial charge in [0, 0.05) is 13.5 Å². The summed E-state index contributed by atoms with van der Waals surface area (Å²) in [7, 11) is -4.09. The second kappa shape index (κ2) is 12.7. The fraction of sp³-hybridized carbons (Fsp3) is 0.842. The fourth-order valence-corrected chi connectivity index (χ4v) is 3.93. The summed E-state index contributed by atoms with van der Waals surface area (Å²) in [6, 6.07) is 0. The highest BCUT2D eigenvalue weighted by Gasteiger charge is 2.39. The van der Waals surface area contributed by atoms with Crippen molar-refractivity contribution in [2.24, 2.45) is 5.41 Å². The number of hydrogen-bond acceptors (Lipinski definition) is 8. The average Bonchev–Trinajstić information content (AvgIpc) is 3.05. The Morgan fingerprint density at radius 2 is 1.70 bits per heavy atom. The molecule has 0 bridgehead atoms. The number of unbranched alkanes of at least 4 members (excludes halogenated alkanes) is 1.